The van der Waals surface area contributed by atoms with Crippen molar-refractivity contribution in [1.82, 2.24) is 15.5 Å². The number of likely N-dealkylation sites (tertiary alicyclic amines) is 1. The molecule has 0 radical (unpaired) electrons. The highest BCUT2D eigenvalue weighted by Gasteiger charge is 2.73. The molecule has 3 aliphatic carbocycles. The molecule has 10 nitrogen and oxygen atoms in total. The molecule has 0 spiro atoms. The molecule has 4 fully saturated rings. The highest BCUT2D eigenvalue weighted by atomic mass is 79.9. The van der Waals surface area contributed by atoms with Gasteiger partial charge in [-0.2, -0.15) is 0 Å². The van der Waals surface area contributed by atoms with Gasteiger partial charge in [0.2, 0.25) is 17.6 Å². The summed E-state index contributed by atoms with van der Waals surface area (Å²) in [7, 11) is 0. The highest BCUT2D eigenvalue weighted by Crippen LogP contribution is 2.67. The van der Waals surface area contributed by atoms with Gasteiger partial charge in [0, 0.05) is 18.4 Å². The zero-order valence-electron chi connectivity index (χ0n) is 22.1. The van der Waals surface area contributed by atoms with Gasteiger partial charge in [-0.1, -0.05) is 64.0 Å². The van der Waals surface area contributed by atoms with Gasteiger partial charge < -0.3 is 26.0 Å². The molecule has 0 aromatic rings. The lowest BCUT2D eigenvalue weighted by atomic mass is 9.83. The summed E-state index contributed by atoms with van der Waals surface area (Å²) in [6.45, 7) is 5.59. The number of hydrogen-bond acceptors (Lipinski definition) is 6. The maximum absolute atomic E-state index is 14.1. The third-order valence-electron chi connectivity index (χ3n) is 8.09. The number of carbonyl (C=O) groups excluding carboxylic acids is 5. The molecule has 0 aromatic carbocycles. The number of ether oxygens (including phenoxy) is 1. The maximum Gasteiger partial charge on any atom is 0.408 e. The van der Waals surface area contributed by atoms with Gasteiger partial charge in [-0.05, 0) is 51.9 Å². The standard InChI is InChI=1S/C26H38Br2N4O6/c1-25(2,3)38-24(37)31-18(14-7-5-4-6-8-14)23(36)32-12-15-17(26(15,27)28)19(32)22(35)30-16(11-13-9-10-13)20(33)21(29)34/h13-19H,4-12H2,1-3H3,(H2,29,34)(H,30,35)(H,31,37)/t15?,16?,17?,18-,19-/m0/s1. The average Bonchev–Trinajstić information content (AvgIpc) is 3.68. The quantitative estimate of drug-likeness (QED) is 0.256. The zero-order valence-corrected chi connectivity index (χ0v) is 25.3. The predicted octanol–water partition coefficient (Wildman–Crippen LogP) is 2.74. The lowest BCUT2D eigenvalue weighted by Gasteiger charge is -2.37. The van der Waals surface area contributed by atoms with Gasteiger partial charge in [0.1, 0.15) is 17.7 Å². The number of alkyl halides is 2. The number of piperidine rings is 1. The fraction of sp³-hybridized carbons (Fsp3) is 0.808. The van der Waals surface area contributed by atoms with Crippen molar-refractivity contribution >= 4 is 61.5 Å². The molecule has 1 saturated heterocycles. The summed E-state index contributed by atoms with van der Waals surface area (Å²) in [6, 6.07) is -2.72. The molecule has 3 unspecified atom stereocenters. The Labute approximate surface area is 240 Å². The molecule has 5 atom stereocenters. The van der Waals surface area contributed by atoms with E-state index in [1.807, 2.05) is 0 Å². The van der Waals surface area contributed by atoms with E-state index < -0.39 is 50.7 Å². The minimum Gasteiger partial charge on any atom is -0.444 e. The maximum atomic E-state index is 14.1. The lowest BCUT2D eigenvalue weighted by Crippen LogP contribution is -2.60. The molecule has 4 amide bonds. The van der Waals surface area contributed by atoms with Gasteiger partial charge in [-0.15, -0.1) is 0 Å². The van der Waals surface area contributed by atoms with Crippen LogP contribution in [0.1, 0.15) is 72.1 Å². The topological polar surface area (TPSA) is 148 Å². The van der Waals surface area contributed by atoms with E-state index in [4.69, 9.17) is 10.5 Å². The second-order valence-corrected chi connectivity index (χ2v) is 15.9. The summed E-state index contributed by atoms with van der Waals surface area (Å²) in [5.74, 6) is -2.80. The number of hydrogen-bond donors (Lipinski definition) is 3. The third-order valence-corrected chi connectivity index (χ3v) is 10.3. The van der Waals surface area contributed by atoms with Crippen molar-refractivity contribution in [3.63, 3.8) is 0 Å². The van der Waals surface area contributed by atoms with E-state index in [2.05, 4.69) is 42.5 Å². The number of primary amides is 1. The molecule has 38 heavy (non-hydrogen) atoms. The first-order valence-electron chi connectivity index (χ1n) is 13.5. The molecule has 1 aliphatic heterocycles. The number of nitrogens with one attached hydrogen (secondary N) is 2. The molecule has 4 N–H and O–H groups in total. The van der Waals surface area contributed by atoms with Crippen molar-refractivity contribution in [2.75, 3.05) is 6.54 Å². The Morgan fingerprint density at radius 3 is 2.21 bits per heavy atom. The van der Waals surface area contributed by atoms with Crippen molar-refractivity contribution in [1.29, 1.82) is 0 Å². The van der Waals surface area contributed by atoms with E-state index in [0.29, 0.717) is 13.0 Å². The van der Waals surface area contributed by atoms with Crippen molar-refractivity contribution in [2.24, 2.45) is 29.4 Å². The Morgan fingerprint density at radius 2 is 1.66 bits per heavy atom. The summed E-state index contributed by atoms with van der Waals surface area (Å²) < 4.78 is 4.95. The van der Waals surface area contributed by atoms with E-state index in [1.165, 1.54) is 4.90 Å². The van der Waals surface area contributed by atoms with Crippen LogP contribution in [0.2, 0.25) is 0 Å². The van der Waals surface area contributed by atoms with Crippen molar-refractivity contribution in [3.8, 4) is 0 Å². The molecule has 4 rings (SSSR count). The number of nitrogens with two attached hydrogens (primary N) is 1. The number of halogens is 2. The molecular weight excluding hydrogens is 624 g/mol. The third kappa shape index (κ3) is 6.54. The van der Waals surface area contributed by atoms with Crippen LogP contribution >= 0.6 is 31.9 Å². The van der Waals surface area contributed by atoms with E-state index in [-0.39, 0.29) is 29.6 Å². The van der Waals surface area contributed by atoms with Crippen LogP contribution in [0.15, 0.2) is 0 Å². The van der Waals surface area contributed by atoms with Gasteiger partial charge in [-0.25, -0.2) is 4.79 Å². The summed E-state index contributed by atoms with van der Waals surface area (Å²) in [4.78, 5) is 66.1. The van der Waals surface area contributed by atoms with Crippen LogP contribution < -0.4 is 16.4 Å². The molecule has 0 aromatic heterocycles. The van der Waals surface area contributed by atoms with Crippen LogP contribution in [0.4, 0.5) is 4.79 Å². The van der Waals surface area contributed by atoms with Gasteiger partial charge in [0.15, 0.2) is 0 Å². The van der Waals surface area contributed by atoms with E-state index in [9.17, 15) is 24.0 Å². The normalized spacial score (nSPS) is 28.0. The van der Waals surface area contributed by atoms with Crippen LogP contribution in [-0.4, -0.2) is 68.0 Å². The fourth-order valence-electron chi connectivity index (χ4n) is 5.94. The minimum absolute atomic E-state index is 0.0237. The van der Waals surface area contributed by atoms with Crippen molar-refractivity contribution in [2.45, 2.75) is 99.1 Å². The zero-order chi connectivity index (χ0) is 28.0. The Balaban J connectivity index is 1.55. The first-order chi connectivity index (χ1) is 17.7. The van der Waals surface area contributed by atoms with Crippen LogP contribution in [0.25, 0.3) is 0 Å². The molecule has 212 valence electrons. The fourth-order valence-corrected chi connectivity index (χ4v) is 7.68. The number of amides is 4. The number of alkyl carbamates (subject to hydrolysis) is 1. The first-order valence-corrected chi connectivity index (χ1v) is 15.1. The number of carbonyl (C=O) groups is 5. The second-order valence-electron chi connectivity index (χ2n) is 12.2. The Bertz CT molecular complexity index is 989. The molecule has 1 heterocycles. The van der Waals surface area contributed by atoms with E-state index in [1.54, 1.807) is 20.8 Å². The molecule has 3 saturated carbocycles. The second kappa shape index (κ2) is 11.1. The Kier molecular flexibility index (Phi) is 8.53. The predicted molar refractivity (Wildman–Crippen MR) is 146 cm³/mol. The largest absolute Gasteiger partial charge is 0.444 e. The summed E-state index contributed by atoms with van der Waals surface area (Å²) >= 11 is 7.28. The Morgan fingerprint density at radius 1 is 1.03 bits per heavy atom. The Hall–Kier alpha value is -1.69. The number of rotatable bonds is 9. The van der Waals surface area contributed by atoms with Gasteiger partial charge in [0.05, 0.1) is 9.28 Å². The summed E-state index contributed by atoms with van der Waals surface area (Å²) in [5.41, 5.74) is 4.53. The monoisotopic (exact) mass is 660 g/mol. The summed E-state index contributed by atoms with van der Waals surface area (Å²) in [6.07, 6.45) is 6.13. The molecule has 4 aliphatic rings. The molecule has 0 bridgehead atoms. The van der Waals surface area contributed by atoms with Gasteiger partial charge in [0.25, 0.3) is 5.91 Å². The van der Waals surface area contributed by atoms with Crippen LogP contribution in [0.5, 0.6) is 0 Å². The van der Waals surface area contributed by atoms with Gasteiger partial charge in [-0.3, -0.25) is 19.2 Å². The average molecular weight is 662 g/mol. The smallest absolute Gasteiger partial charge is 0.408 e. The van der Waals surface area contributed by atoms with E-state index >= 15 is 0 Å². The van der Waals surface area contributed by atoms with Crippen molar-refractivity contribution in [3.05, 3.63) is 0 Å². The summed E-state index contributed by atoms with van der Waals surface area (Å²) in [5, 5.41) is 5.56. The van der Waals surface area contributed by atoms with Crippen LogP contribution in [0, 0.1) is 23.7 Å². The SMILES string of the molecule is CC(C)(C)OC(=O)N[C@H](C(=O)N1CC2C([C@H]1C(=O)NC(CC1CC1)C(=O)C(N)=O)C2(Br)Br)C1CCCCC1. The number of nitrogens with zero attached hydrogens (tertiary/aromatic N) is 1. The molecule has 12 heteroatoms. The number of ketones is 1. The lowest BCUT2D eigenvalue weighted by molar-refractivity contribution is -0.144. The number of fused-ring (bicyclic) bond motifs is 1. The van der Waals surface area contributed by atoms with Crippen molar-refractivity contribution < 1.29 is 28.7 Å². The first kappa shape index (κ1) is 29.3. The van der Waals surface area contributed by atoms with Crippen LogP contribution in [-0.2, 0) is 23.9 Å². The molecular formula is C26H38Br2N4O6. The van der Waals surface area contributed by atoms with E-state index in [0.717, 1.165) is 44.9 Å². The minimum atomic E-state index is -1.09. The highest BCUT2D eigenvalue weighted by molar-refractivity contribution is 9.25. The number of Topliss-reactive ketones (excluding diaryl/α,β-unsaturated/α-hetero) is 1. The van der Waals surface area contributed by atoms with Crippen LogP contribution in [0.3, 0.4) is 0 Å². The van der Waals surface area contributed by atoms with Gasteiger partial charge >= 0.3 is 6.09 Å².